The second kappa shape index (κ2) is 3.92. The van der Waals surface area contributed by atoms with E-state index in [1.54, 1.807) is 0 Å². The van der Waals surface area contributed by atoms with Crippen molar-refractivity contribution in [2.75, 3.05) is 19.8 Å². The third kappa shape index (κ3) is 1.50. The SMILES string of the molecule is OC1(N2CCNC2)OC(I)c2ccccc21. The largest absolute Gasteiger partial charge is 0.349 e. The van der Waals surface area contributed by atoms with E-state index in [4.69, 9.17) is 4.74 Å². The summed E-state index contributed by atoms with van der Waals surface area (Å²) in [7, 11) is 0. The van der Waals surface area contributed by atoms with Crippen LogP contribution in [-0.4, -0.2) is 29.8 Å². The fourth-order valence-electron chi connectivity index (χ4n) is 2.27. The lowest BCUT2D eigenvalue weighted by atomic mass is 10.1. The monoisotopic (exact) mass is 332 g/mol. The van der Waals surface area contributed by atoms with Gasteiger partial charge in [0.1, 0.15) is 4.11 Å². The topological polar surface area (TPSA) is 44.7 Å². The van der Waals surface area contributed by atoms with Crippen LogP contribution >= 0.6 is 22.6 Å². The Bertz CT molecular complexity index is 409. The smallest absolute Gasteiger partial charge is 0.258 e. The zero-order valence-corrected chi connectivity index (χ0v) is 10.8. The number of hydrogen-bond acceptors (Lipinski definition) is 4. The molecule has 1 saturated heterocycles. The van der Waals surface area contributed by atoms with Crippen molar-refractivity contribution in [2.24, 2.45) is 0 Å². The molecule has 1 aromatic carbocycles. The van der Waals surface area contributed by atoms with E-state index in [1.165, 1.54) is 0 Å². The second-order valence-corrected chi connectivity index (χ2v) is 5.18. The van der Waals surface area contributed by atoms with Crippen molar-refractivity contribution in [1.82, 2.24) is 10.2 Å². The van der Waals surface area contributed by atoms with Gasteiger partial charge in [0.25, 0.3) is 5.91 Å². The first-order valence-corrected chi connectivity index (χ1v) is 6.56. The fraction of sp³-hybridized carbons (Fsp3) is 0.455. The zero-order chi connectivity index (χ0) is 11.2. The molecule has 0 amide bonds. The van der Waals surface area contributed by atoms with E-state index < -0.39 is 5.91 Å². The Morgan fingerprint density at radius 2 is 2.31 bits per heavy atom. The van der Waals surface area contributed by atoms with E-state index in [9.17, 15) is 5.11 Å². The lowest BCUT2D eigenvalue weighted by Crippen LogP contribution is -2.45. The summed E-state index contributed by atoms with van der Waals surface area (Å²) in [5, 5.41) is 13.9. The van der Waals surface area contributed by atoms with E-state index in [-0.39, 0.29) is 4.11 Å². The summed E-state index contributed by atoms with van der Waals surface area (Å²) in [6.45, 7) is 2.35. The molecule has 2 aliphatic rings. The Labute approximate surface area is 108 Å². The van der Waals surface area contributed by atoms with Crippen molar-refractivity contribution in [1.29, 1.82) is 0 Å². The summed E-state index contributed by atoms with van der Waals surface area (Å²) in [4.78, 5) is 1.92. The molecule has 2 aliphatic heterocycles. The Balaban J connectivity index is 2.04. The highest BCUT2D eigenvalue weighted by Gasteiger charge is 2.48. The molecular formula is C11H13IN2O2. The van der Waals surface area contributed by atoms with Crippen LogP contribution in [0, 0.1) is 0 Å². The van der Waals surface area contributed by atoms with Crippen LogP contribution in [0.5, 0.6) is 0 Å². The minimum Gasteiger partial charge on any atom is -0.349 e. The molecule has 2 unspecified atom stereocenters. The van der Waals surface area contributed by atoms with E-state index in [0.717, 1.165) is 24.2 Å². The van der Waals surface area contributed by atoms with Gasteiger partial charge in [0.15, 0.2) is 0 Å². The molecule has 0 saturated carbocycles. The normalized spacial score (nSPS) is 34.2. The van der Waals surface area contributed by atoms with Gasteiger partial charge in [0.2, 0.25) is 0 Å². The Hall–Kier alpha value is -0.210. The van der Waals surface area contributed by atoms with Gasteiger partial charge in [-0.2, -0.15) is 0 Å². The molecule has 4 nitrogen and oxygen atoms in total. The summed E-state index contributed by atoms with van der Waals surface area (Å²) in [5.41, 5.74) is 1.94. The summed E-state index contributed by atoms with van der Waals surface area (Å²) in [6, 6.07) is 7.85. The standard InChI is InChI=1S/C11H13IN2O2/c12-10-8-3-1-2-4-9(8)11(15,16-10)14-6-5-13-7-14/h1-4,10,13,15H,5-7H2. The molecular weight excluding hydrogens is 319 g/mol. The number of aliphatic hydroxyl groups is 1. The predicted molar refractivity (Wildman–Crippen MR) is 67.8 cm³/mol. The molecule has 2 N–H and O–H groups in total. The number of hydrogen-bond donors (Lipinski definition) is 2. The summed E-state index contributed by atoms with van der Waals surface area (Å²) < 4.78 is 5.65. The highest BCUT2D eigenvalue weighted by molar-refractivity contribution is 14.1. The molecule has 16 heavy (non-hydrogen) atoms. The van der Waals surface area contributed by atoms with Crippen molar-refractivity contribution >= 4 is 22.6 Å². The molecule has 0 spiro atoms. The molecule has 2 atom stereocenters. The van der Waals surface area contributed by atoms with Crippen LogP contribution < -0.4 is 5.32 Å². The van der Waals surface area contributed by atoms with Gasteiger partial charge in [-0.1, -0.05) is 24.3 Å². The van der Waals surface area contributed by atoms with Crippen LogP contribution in [0.3, 0.4) is 0 Å². The van der Waals surface area contributed by atoms with Gasteiger partial charge in [0.05, 0.1) is 6.67 Å². The molecule has 3 rings (SSSR count). The van der Waals surface area contributed by atoms with Crippen molar-refractivity contribution in [3.05, 3.63) is 35.4 Å². The molecule has 86 valence electrons. The van der Waals surface area contributed by atoms with Crippen molar-refractivity contribution in [3.63, 3.8) is 0 Å². The quantitative estimate of drug-likeness (QED) is 0.598. The van der Waals surface area contributed by atoms with Gasteiger partial charge >= 0.3 is 0 Å². The zero-order valence-electron chi connectivity index (χ0n) is 8.69. The van der Waals surface area contributed by atoms with E-state index in [2.05, 4.69) is 27.9 Å². The van der Waals surface area contributed by atoms with E-state index >= 15 is 0 Å². The number of alkyl halides is 1. The number of halogens is 1. The van der Waals surface area contributed by atoms with Crippen LogP contribution in [0.1, 0.15) is 15.2 Å². The van der Waals surface area contributed by atoms with Crippen LogP contribution in [-0.2, 0) is 10.6 Å². The first-order chi connectivity index (χ1) is 7.72. The van der Waals surface area contributed by atoms with E-state index in [0.29, 0.717) is 6.67 Å². The predicted octanol–water partition coefficient (Wildman–Crippen LogP) is 1.12. The van der Waals surface area contributed by atoms with Gasteiger partial charge in [-0.3, -0.25) is 0 Å². The Morgan fingerprint density at radius 1 is 1.50 bits per heavy atom. The Morgan fingerprint density at radius 3 is 3.06 bits per heavy atom. The third-order valence-corrected chi connectivity index (χ3v) is 4.04. The van der Waals surface area contributed by atoms with Crippen LogP contribution in [0.4, 0.5) is 0 Å². The highest BCUT2D eigenvalue weighted by atomic mass is 127. The maximum Gasteiger partial charge on any atom is 0.258 e. The van der Waals surface area contributed by atoms with Crippen LogP contribution in [0.25, 0.3) is 0 Å². The van der Waals surface area contributed by atoms with Gasteiger partial charge in [-0.15, -0.1) is 0 Å². The highest BCUT2D eigenvalue weighted by Crippen LogP contribution is 2.46. The first kappa shape index (κ1) is 10.9. The molecule has 2 heterocycles. The number of ether oxygens (including phenoxy) is 1. The summed E-state index contributed by atoms with van der Waals surface area (Å²) >= 11 is 2.21. The molecule has 1 aromatic rings. The van der Waals surface area contributed by atoms with Gasteiger partial charge < -0.3 is 15.2 Å². The molecule has 0 aliphatic carbocycles. The minimum atomic E-state index is -1.26. The van der Waals surface area contributed by atoms with Crippen LogP contribution in [0.15, 0.2) is 24.3 Å². The minimum absolute atomic E-state index is 0.0839. The summed E-state index contributed by atoms with van der Waals surface area (Å²) in [6.07, 6.45) is 0. The number of nitrogens with one attached hydrogen (secondary N) is 1. The van der Waals surface area contributed by atoms with Crippen molar-refractivity contribution in [3.8, 4) is 0 Å². The van der Waals surface area contributed by atoms with Crippen LogP contribution in [0.2, 0.25) is 0 Å². The molecule has 1 fully saturated rings. The number of rotatable bonds is 1. The maximum atomic E-state index is 10.7. The molecule has 0 radical (unpaired) electrons. The lowest BCUT2D eigenvalue weighted by Gasteiger charge is -2.32. The maximum absolute atomic E-state index is 10.7. The molecule has 0 aromatic heterocycles. The lowest BCUT2D eigenvalue weighted by molar-refractivity contribution is -0.291. The third-order valence-electron chi connectivity index (χ3n) is 3.11. The van der Waals surface area contributed by atoms with Gasteiger partial charge in [-0.25, -0.2) is 4.90 Å². The van der Waals surface area contributed by atoms with Gasteiger partial charge in [0, 0.05) is 24.2 Å². The average Bonchev–Trinajstić information content (AvgIpc) is 2.89. The molecule has 0 bridgehead atoms. The van der Waals surface area contributed by atoms with Crippen molar-refractivity contribution < 1.29 is 9.84 Å². The average molecular weight is 332 g/mol. The van der Waals surface area contributed by atoms with E-state index in [1.807, 2.05) is 29.2 Å². The first-order valence-electron chi connectivity index (χ1n) is 5.31. The Kier molecular flexibility index (Phi) is 2.67. The fourth-order valence-corrected chi connectivity index (χ4v) is 3.17. The summed E-state index contributed by atoms with van der Waals surface area (Å²) in [5.74, 6) is -1.26. The van der Waals surface area contributed by atoms with Crippen molar-refractivity contribution in [2.45, 2.75) is 10.0 Å². The number of benzene rings is 1. The number of fused-ring (bicyclic) bond motifs is 1. The number of nitrogens with zero attached hydrogens (tertiary/aromatic N) is 1. The molecule has 5 heteroatoms. The van der Waals surface area contributed by atoms with Gasteiger partial charge in [-0.05, 0) is 22.6 Å². The second-order valence-electron chi connectivity index (χ2n) is 4.05.